The Morgan fingerprint density at radius 2 is 2.08 bits per heavy atom. The molecule has 2 atom stereocenters. The van der Waals surface area contributed by atoms with Crippen molar-refractivity contribution in [2.45, 2.75) is 19.1 Å². The molecule has 0 bridgehead atoms. The number of nitrogens with two attached hydrogens (primary N) is 1. The number of phenols is 1. The van der Waals surface area contributed by atoms with Crippen molar-refractivity contribution < 1.29 is 10.2 Å². The van der Waals surface area contributed by atoms with Gasteiger partial charge in [0, 0.05) is 16.1 Å². The Kier molecular flexibility index (Phi) is 3.30. The minimum absolute atomic E-state index is 0.0548. The third-order valence-corrected chi connectivity index (χ3v) is 2.30. The summed E-state index contributed by atoms with van der Waals surface area (Å²) in [5, 5.41) is 19.0. The fraction of sp³-hybridized carbons (Fsp3) is 0.333. The zero-order chi connectivity index (χ0) is 10.0. The van der Waals surface area contributed by atoms with Crippen LogP contribution < -0.4 is 5.73 Å². The van der Waals surface area contributed by atoms with Gasteiger partial charge in [0.25, 0.3) is 0 Å². The van der Waals surface area contributed by atoms with E-state index >= 15 is 0 Å². The lowest BCUT2D eigenvalue weighted by Gasteiger charge is -2.15. The quantitative estimate of drug-likeness (QED) is 0.741. The lowest BCUT2D eigenvalue weighted by Crippen LogP contribution is -2.24. The zero-order valence-electron chi connectivity index (χ0n) is 7.24. The van der Waals surface area contributed by atoms with Gasteiger partial charge in [0.1, 0.15) is 5.75 Å². The third kappa shape index (κ3) is 2.43. The SMILES string of the molecule is CC(N)C(O)c1ccc(Br)cc1O. The largest absolute Gasteiger partial charge is 0.508 e. The van der Waals surface area contributed by atoms with E-state index in [2.05, 4.69) is 15.9 Å². The minimum Gasteiger partial charge on any atom is -0.508 e. The predicted octanol–water partition coefficient (Wildman–Crippen LogP) is 1.54. The van der Waals surface area contributed by atoms with Gasteiger partial charge in [-0.25, -0.2) is 0 Å². The van der Waals surface area contributed by atoms with Crippen LogP contribution >= 0.6 is 15.9 Å². The molecule has 3 nitrogen and oxygen atoms in total. The Hall–Kier alpha value is -0.580. The van der Waals surface area contributed by atoms with E-state index in [1.807, 2.05) is 0 Å². The second-order valence-electron chi connectivity index (χ2n) is 3.01. The first-order valence-corrected chi connectivity index (χ1v) is 4.73. The number of hydrogen-bond donors (Lipinski definition) is 3. The summed E-state index contributed by atoms with van der Waals surface area (Å²) in [4.78, 5) is 0. The van der Waals surface area contributed by atoms with Crippen LogP contribution in [0.2, 0.25) is 0 Å². The van der Waals surface area contributed by atoms with Gasteiger partial charge in [-0.05, 0) is 19.1 Å². The van der Waals surface area contributed by atoms with E-state index in [1.54, 1.807) is 19.1 Å². The van der Waals surface area contributed by atoms with Gasteiger partial charge in [-0.1, -0.05) is 22.0 Å². The molecular formula is C9H12BrNO2. The zero-order valence-corrected chi connectivity index (χ0v) is 8.82. The minimum atomic E-state index is -0.826. The number of aliphatic hydroxyl groups excluding tert-OH is 1. The summed E-state index contributed by atoms with van der Waals surface area (Å²) in [6, 6.07) is 4.53. The first-order valence-electron chi connectivity index (χ1n) is 3.94. The van der Waals surface area contributed by atoms with Crippen molar-refractivity contribution in [3.8, 4) is 5.75 Å². The summed E-state index contributed by atoms with van der Waals surface area (Å²) in [5.74, 6) is 0.0548. The molecule has 4 heteroatoms. The monoisotopic (exact) mass is 245 g/mol. The molecule has 0 amide bonds. The van der Waals surface area contributed by atoms with Crippen molar-refractivity contribution in [2.24, 2.45) is 5.73 Å². The Balaban J connectivity index is 3.01. The molecule has 0 spiro atoms. The molecule has 0 aliphatic carbocycles. The van der Waals surface area contributed by atoms with E-state index in [0.717, 1.165) is 4.47 Å². The molecule has 1 aromatic rings. The van der Waals surface area contributed by atoms with E-state index in [1.165, 1.54) is 6.07 Å². The van der Waals surface area contributed by atoms with Crippen molar-refractivity contribution in [1.29, 1.82) is 0 Å². The van der Waals surface area contributed by atoms with Gasteiger partial charge in [0.15, 0.2) is 0 Å². The van der Waals surface area contributed by atoms with Crippen LogP contribution in [0.1, 0.15) is 18.6 Å². The second kappa shape index (κ2) is 4.09. The molecule has 0 saturated carbocycles. The number of rotatable bonds is 2. The van der Waals surface area contributed by atoms with Crippen molar-refractivity contribution in [2.75, 3.05) is 0 Å². The van der Waals surface area contributed by atoms with Gasteiger partial charge in [0.2, 0.25) is 0 Å². The summed E-state index contributed by atoms with van der Waals surface area (Å²) in [5.41, 5.74) is 5.96. The van der Waals surface area contributed by atoms with Gasteiger partial charge in [-0.15, -0.1) is 0 Å². The average molecular weight is 246 g/mol. The molecule has 0 heterocycles. The molecule has 1 aromatic carbocycles. The molecule has 0 saturated heterocycles. The lowest BCUT2D eigenvalue weighted by atomic mass is 10.0. The van der Waals surface area contributed by atoms with E-state index in [0.29, 0.717) is 5.56 Å². The maximum absolute atomic E-state index is 9.57. The van der Waals surface area contributed by atoms with Crippen molar-refractivity contribution in [3.05, 3.63) is 28.2 Å². The lowest BCUT2D eigenvalue weighted by molar-refractivity contribution is 0.150. The van der Waals surface area contributed by atoms with Gasteiger partial charge < -0.3 is 15.9 Å². The van der Waals surface area contributed by atoms with Crippen LogP contribution in [-0.2, 0) is 0 Å². The molecule has 72 valence electrons. The highest BCUT2D eigenvalue weighted by atomic mass is 79.9. The summed E-state index contributed by atoms with van der Waals surface area (Å²) in [7, 11) is 0. The molecule has 0 fully saturated rings. The number of halogens is 1. The van der Waals surface area contributed by atoms with Crippen LogP contribution in [0.15, 0.2) is 22.7 Å². The summed E-state index contributed by atoms with van der Waals surface area (Å²) < 4.78 is 0.769. The fourth-order valence-corrected chi connectivity index (χ4v) is 1.40. The van der Waals surface area contributed by atoms with Crippen molar-refractivity contribution >= 4 is 15.9 Å². The van der Waals surface area contributed by atoms with Crippen LogP contribution in [0, 0.1) is 0 Å². The Labute approximate surface area is 85.3 Å². The van der Waals surface area contributed by atoms with E-state index in [4.69, 9.17) is 5.73 Å². The maximum Gasteiger partial charge on any atom is 0.122 e. The molecule has 0 radical (unpaired) electrons. The van der Waals surface area contributed by atoms with Gasteiger partial charge in [0.05, 0.1) is 6.10 Å². The Morgan fingerprint density at radius 1 is 1.46 bits per heavy atom. The smallest absolute Gasteiger partial charge is 0.122 e. The molecular weight excluding hydrogens is 234 g/mol. The Morgan fingerprint density at radius 3 is 2.54 bits per heavy atom. The first kappa shape index (κ1) is 10.5. The summed E-state index contributed by atoms with van der Waals surface area (Å²) >= 11 is 3.21. The number of benzene rings is 1. The molecule has 1 rings (SSSR count). The molecule has 0 aliphatic rings. The van der Waals surface area contributed by atoms with Crippen molar-refractivity contribution in [3.63, 3.8) is 0 Å². The highest BCUT2D eigenvalue weighted by Gasteiger charge is 2.15. The number of phenolic OH excluding ortho intramolecular Hbond substituents is 1. The van der Waals surface area contributed by atoms with Crippen LogP contribution in [0.25, 0.3) is 0 Å². The fourth-order valence-electron chi connectivity index (χ4n) is 1.05. The molecule has 4 N–H and O–H groups in total. The van der Waals surface area contributed by atoms with E-state index in [-0.39, 0.29) is 5.75 Å². The standard InChI is InChI=1S/C9H12BrNO2/c1-5(11)9(13)7-3-2-6(10)4-8(7)12/h2-5,9,12-13H,11H2,1H3. The van der Waals surface area contributed by atoms with E-state index in [9.17, 15) is 10.2 Å². The van der Waals surface area contributed by atoms with Crippen LogP contribution in [-0.4, -0.2) is 16.3 Å². The maximum atomic E-state index is 9.57. The Bertz CT molecular complexity index is 302. The number of aromatic hydroxyl groups is 1. The highest BCUT2D eigenvalue weighted by Crippen LogP contribution is 2.28. The first-order chi connectivity index (χ1) is 6.02. The number of aliphatic hydroxyl groups is 1. The third-order valence-electron chi connectivity index (χ3n) is 1.81. The van der Waals surface area contributed by atoms with Gasteiger partial charge >= 0.3 is 0 Å². The van der Waals surface area contributed by atoms with Gasteiger partial charge in [-0.3, -0.25) is 0 Å². The molecule has 13 heavy (non-hydrogen) atoms. The van der Waals surface area contributed by atoms with Crippen LogP contribution in [0.3, 0.4) is 0 Å². The molecule has 2 unspecified atom stereocenters. The summed E-state index contributed by atoms with van der Waals surface area (Å²) in [6.45, 7) is 1.69. The topological polar surface area (TPSA) is 66.5 Å². The molecule has 0 aromatic heterocycles. The average Bonchev–Trinajstić information content (AvgIpc) is 2.03. The normalized spacial score (nSPS) is 15.4. The second-order valence-corrected chi connectivity index (χ2v) is 3.92. The van der Waals surface area contributed by atoms with Gasteiger partial charge in [-0.2, -0.15) is 0 Å². The van der Waals surface area contributed by atoms with Crippen LogP contribution in [0.4, 0.5) is 0 Å². The van der Waals surface area contributed by atoms with Crippen LogP contribution in [0.5, 0.6) is 5.75 Å². The van der Waals surface area contributed by atoms with Crippen molar-refractivity contribution in [1.82, 2.24) is 0 Å². The molecule has 0 aliphatic heterocycles. The number of hydrogen-bond acceptors (Lipinski definition) is 3. The summed E-state index contributed by atoms with van der Waals surface area (Å²) in [6.07, 6.45) is -0.826. The highest BCUT2D eigenvalue weighted by molar-refractivity contribution is 9.10. The van der Waals surface area contributed by atoms with E-state index < -0.39 is 12.1 Å². The predicted molar refractivity (Wildman–Crippen MR) is 54.4 cm³/mol.